The average Bonchev–Trinajstić information content (AvgIpc) is 2.79. The molecule has 1 aliphatic rings. The van der Waals surface area contributed by atoms with Crippen molar-refractivity contribution in [1.29, 1.82) is 0 Å². The third-order valence-corrected chi connectivity index (χ3v) is 3.70. The summed E-state index contributed by atoms with van der Waals surface area (Å²) in [6, 6.07) is 1.72. The molecule has 0 bridgehead atoms. The highest BCUT2D eigenvalue weighted by molar-refractivity contribution is 9.10. The Morgan fingerprint density at radius 1 is 1.53 bits per heavy atom. The van der Waals surface area contributed by atoms with Crippen molar-refractivity contribution in [1.82, 2.24) is 4.90 Å². The van der Waals surface area contributed by atoms with Crippen LogP contribution in [0.3, 0.4) is 0 Å². The van der Waals surface area contributed by atoms with Crippen LogP contribution in [0.15, 0.2) is 26.1 Å². The van der Waals surface area contributed by atoms with Gasteiger partial charge in [-0.05, 0) is 33.8 Å². The van der Waals surface area contributed by atoms with Crippen LogP contribution in [0.1, 0.15) is 5.76 Å². The lowest BCUT2D eigenvalue weighted by Gasteiger charge is -2.09. The molecule has 17 heavy (non-hydrogen) atoms. The van der Waals surface area contributed by atoms with E-state index in [1.165, 1.54) is 6.26 Å². The van der Waals surface area contributed by atoms with E-state index in [0.29, 0.717) is 10.7 Å². The predicted molar refractivity (Wildman–Crippen MR) is 68.1 cm³/mol. The van der Waals surface area contributed by atoms with Crippen molar-refractivity contribution in [2.24, 2.45) is 5.73 Å². The highest BCUT2D eigenvalue weighted by atomic mass is 79.9. The standard InChI is InChI=1S/C10H9BrN2O3S/c11-6-1-4-16-7(6)5-8-9(14)13(3-2-12)10(15)17-8/h1,4-5H,2-3,12H2/b8-5-. The second-order valence-corrected chi connectivity index (χ2v) is 5.10. The van der Waals surface area contributed by atoms with Gasteiger partial charge in [-0.15, -0.1) is 0 Å². The molecule has 0 radical (unpaired) electrons. The fraction of sp³-hybridized carbons (Fsp3) is 0.200. The number of carbonyl (C=O) groups excluding carboxylic acids is 2. The van der Waals surface area contributed by atoms with Gasteiger partial charge in [-0.3, -0.25) is 14.5 Å². The summed E-state index contributed by atoms with van der Waals surface area (Å²) in [5.74, 6) is 0.192. The first-order chi connectivity index (χ1) is 8.13. The van der Waals surface area contributed by atoms with E-state index in [9.17, 15) is 9.59 Å². The van der Waals surface area contributed by atoms with E-state index in [0.717, 1.165) is 21.1 Å². The molecule has 1 aromatic heterocycles. The highest BCUT2D eigenvalue weighted by Gasteiger charge is 2.34. The first kappa shape index (κ1) is 12.4. The Morgan fingerprint density at radius 2 is 2.29 bits per heavy atom. The monoisotopic (exact) mass is 316 g/mol. The fourth-order valence-corrected chi connectivity index (χ4v) is 2.50. The smallest absolute Gasteiger partial charge is 0.293 e. The molecule has 0 saturated carbocycles. The van der Waals surface area contributed by atoms with Gasteiger partial charge in [0.25, 0.3) is 11.1 Å². The Hall–Kier alpha value is -1.05. The van der Waals surface area contributed by atoms with Crippen LogP contribution in [0.2, 0.25) is 0 Å². The minimum absolute atomic E-state index is 0.237. The van der Waals surface area contributed by atoms with Crippen molar-refractivity contribution >= 4 is 44.9 Å². The quantitative estimate of drug-likeness (QED) is 0.863. The Kier molecular flexibility index (Phi) is 3.70. The molecular weight excluding hydrogens is 308 g/mol. The van der Waals surface area contributed by atoms with Crippen LogP contribution >= 0.6 is 27.7 Å². The SMILES string of the molecule is NCCN1C(=O)S/C(=C\c2occc2Br)C1=O. The number of amides is 2. The molecule has 5 nitrogen and oxygen atoms in total. The van der Waals surface area contributed by atoms with Gasteiger partial charge in [0.1, 0.15) is 5.76 Å². The van der Waals surface area contributed by atoms with E-state index < -0.39 is 0 Å². The Bertz CT molecular complexity index is 497. The fourth-order valence-electron chi connectivity index (χ4n) is 1.35. The highest BCUT2D eigenvalue weighted by Crippen LogP contribution is 2.33. The van der Waals surface area contributed by atoms with Crippen LogP contribution in [-0.4, -0.2) is 29.1 Å². The number of imide groups is 1. The number of rotatable bonds is 3. The van der Waals surface area contributed by atoms with Crippen molar-refractivity contribution in [2.45, 2.75) is 0 Å². The molecule has 1 aromatic rings. The first-order valence-electron chi connectivity index (χ1n) is 4.82. The number of hydrogen-bond acceptors (Lipinski definition) is 5. The lowest BCUT2D eigenvalue weighted by molar-refractivity contribution is -0.122. The van der Waals surface area contributed by atoms with Crippen LogP contribution in [-0.2, 0) is 4.79 Å². The van der Waals surface area contributed by atoms with Crippen LogP contribution in [0, 0.1) is 0 Å². The molecule has 0 aliphatic carbocycles. The van der Waals surface area contributed by atoms with Crippen molar-refractivity contribution in [3.63, 3.8) is 0 Å². The summed E-state index contributed by atoms with van der Waals surface area (Å²) < 4.78 is 5.90. The molecule has 1 saturated heterocycles. The van der Waals surface area contributed by atoms with Gasteiger partial charge in [0.15, 0.2) is 0 Å². The minimum atomic E-state index is -0.325. The molecule has 7 heteroatoms. The summed E-state index contributed by atoms with van der Waals surface area (Å²) in [5.41, 5.74) is 5.34. The summed E-state index contributed by atoms with van der Waals surface area (Å²) in [6.45, 7) is 0.497. The third kappa shape index (κ3) is 2.46. The molecule has 2 heterocycles. The maximum Gasteiger partial charge on any atom is 0.293 e. The van der Waals surface area contributed by atoms with Crippen LogP contribution < -0.4 is 5.73 Å². The number of furan rings is 1. The second kappa shape index (κ2) is 5.07. The van der Waals surface area contributed by atoms with E-state index in [1.54, 1.807) is 12.1 Å². The van der Waals surface area contributed by atoms with Gasteiger partial charge in [0.2, 0.25) is 0 Å². The number of nitrogens with zero attached hydrogens (tertiary/aromatic N) is 1. The summed E-state index contributed by atoms with van der Waals surface area (Å²) in [5, 5.41) is -0.297. The van der Waals surface area contributed by atoms with E-state index in [-0.39, 0.29) is 24.2 Å². The van der Waals surface area contributed by atoms with E-state index in [4.69, 9.17) is 10.2 Å². The molecule has 0 atom stereocenters. The van der Waals surface area contributed by atoms with Gasteiger partial charge in [-0.25, -0.2) is 0 Å². The Balaban J connectivity index is 2.25. The van der Waals surface area contributed by atoms with Gasteiger partial charge in [-0.1, -0.05) is 0 Å². The van der Waals surface area contributed by atoms with E-state index in [1.807, 2.05) is 0 Å². The second-order valence-electron chi connectivity index (χ2n) is 3.25. The maximum atomic E-state index is 11.8. The van der Waals surface area contributed by atoms with Crippen molar-refractivity contribution in [3.05, 3.63) is 27.5 Å². The molecule has 90 valence electrons. The molecule has 1 aliphatic heterocycles. The zero-order valence-electron chi connectivity index (χ0n) is 8.68. The normalized spacial score (nSPS) is 18.5. The zero-order valence-corrected chi connectivity index (χ0v) is 11.1. The maximum absolute atomic E-state index is 11.8. The lowest BCUT2D eigenvalue weighted by Crippen LogP contribution is -2.33. The number of thioether (sulfide) groups is 1. The van der Waals surface area contributed by atoms with Gasteiger partial charge < -0.3 is 10.2 Å². The van der Waals surface area contributed by atoms with Crippen molar-refractivity contribution in [2.75, 3.05) is 13.1 Å². The minimum Gasteiger partial charge on any atom is -0.464 e. The average molecular weight is 317 g/mol. The molecule has 1 fully saturated rings. The van der Waals surface area contributed by atoms with E-state index >= 15 is 0 Å². The molecular formula is C10H9BrN2O3S. The molecule has 2 amide bonds. The Morgan fingerprint density at radius 3 is 2.88 bits per heavy atom. The summed E-state index contributed by atoms with van der Waals surface area (Å²) in [7, 11) is 0. The van der Waals surface area contributed by atoms with Crippen LogP contribution in [0.5, 0.6) is 0 Å². The summed E-state index contributed by atoms with van der Waals surface area (Å²) in [4.78, 5) is 24.9. The summed E-state index contributed by atoms with van der Waals surface area (Å²) in [6.07, 6.45) is 3.05. The van der Waals surface area contributed by atoms with Crippen molar-refractivity contribution in [3.8, 4) is 0 Å². The molecule has 0 aromatic carbocycles. The number of nitrogens with two attached hydrogens (primary N) is 1. The molecule has 2 N–H and O–H groups in total. The topological polar surface area (TPSA) is 76.5 Å². The van der Waals surface area contributed by atoms with Gasteiger partial charge in [0, 0.05) is 19.2 Å². The van der Waals surface area contributed by atoms with Gasteiger partial charge in [0.05, 0.1) is 15.6 Å². The third-order valence-electron chi connectivity index (χ3n) is 2.13. The van der Waals surface area contributed by atoms with Crippen LogP contribution in [0.25, 0.3) is 6.08 Å². The number of halogens is 1. The van der Waals surface area contributed by atoms with Gasteiger partial charge >= 0.3 is 0 Å². The number of hydrogen-bond donors (Lipinski definition) is 1. The zero-order chi connectivity index (χ0) is 12.4. The predicted octanol–water partition coefficient (Wildman–Crippen LogP) is 2.04. The van der Waals surface area contributed by atoms with Crippen LogP contribution in [0.4, 0.5) is 4.79 Å². The lowest BCUT2D eigenvalue weighted by atomic mass is 10.3. The largest absolute Gasteiger partial charge is 0.464 e. The Labute approximate surface area is 110 Å². The van der Waals surface area contributed by atoms with Crippen molar-refractivity contribution < 1.29 is 14.0 Å². The summed E-state index contributed by atoms with van der Waals surface area (Å²) >= 11 is 4.17. The van der Waals surface area contributed by atoms with E-state index in [2.05, 4.69) is 15.9 Å². The first-order valence-corrected chi connectivity index (χ1v) is 6.43. The molecule has 0 spiro atoms. The van der Waals surface area contributed by atoms with Gasteiger partial charge in [-0.2, -0.15) is 0 Å². The number of carbonyl (C=O) groups is 2. The molecule has 0 unspecified atom stereocenters. The molecule has 2 rings (SSSR count).